The number of furan rings is 1. The average molecular weight is 444 g/mol. The van der Waals surface area contributed by atoms with Crippen molar-refractivity contribution in [1.82, 2.24) is 25.1 Å². The minimum Gasteiger partial charge on any atom is -0.461 e. The van der Waals surface area contributed by atoms with E-state index in [9.17, 15) is 9.18 Å². The van der Waals surface area contributed by atoms with Gasteiger partial charge in [-0.2, -0.15) is 0 Å². The van der Waals surface area contributed by atoms with Crippen molar-refractivity contribution in [3.05, 3.63) is 64.6 Å². The number of carbonyl (C=O) groups excluding carboxylic acids is 1. The lowest BCUT2D eigenvalue weighted by molar-refractivity contribution is 0.0938. The molecule has 10 heteroatoms. The van der Waals surface area contributed by atoms with Crippen molar-refractivity contribution in [2.24, 2.45) is 0 Å². The molecule has 0 saturated heterocycles. The molecule has 1 aromatic carbocycles. The third-order valence-electron chi connectivity index (χ3n) is 4.00. The molecule has 7 nitrogen and oxygen atoms in total. The Bertz CT molecular complexity index is 1150. The van der Waals surface area contributed by atoms with E-state index in [0.29, 0.717) is 33.9 Å². The number of nitrogens with zero attached hydrogens (tertiary/aromatic N) is 4. The van der Waals surface area contributed by atoms with Crippen LogP contribution in [-0.2, 0) is 5.75 Å². The van der Waals surface area contributed by atoms with Crippen molar-refractivity contribution >= 4 is 29.0 Å². The highest BCUT2D eigenvalue weighted by molar-refractivity contribution is 7.98. The Kier molecular flexibility index (Phi) is 5.96. The van der Waals surface area contributed by atoms with Crippen LogP contribution in [0.15, 0.2) is 57.6 Å². The number of hydrogen-bond donors (Lipinski definition) is 1. The number of thioether (sulfide) groups is 1. The molecular weight excluding hydrogens is 425 g/mol. The van der Waals surface area contributed by atoms with Crippen LogP contribution in [0.4, 0.5) is 4.39 Å². The molecule has 0 bridgehead atoms. The molecule has 0 saturated carbocycles. The lowest BCUT2D eigenvalue weighted by atomic mass is 10.3. The van der Waals surface area contributed by atoms with Crippen molar-refractivity contribution < 1.29 is 13.6 Å². The summed E-state index contributed by atoms with van der Waals surface area (Å²) in [6.45, 7) is 3.79. The molecule has 0 unspecified atom stereocenters. The SMILES string of the molecule is CC(C)NC(=O)c1csc(CSc2nnc(-c3ccco3)n2-c2ccccc2F)n1. The number of benzene rings is 1. The second-order valence-electron chi connectivity index (χ2n) is 6.61. The standard InChI is InChI=1S/C20H18FN5O2S2/c1-12(2)22-19(27)14-10-29-17(23-14)11-30-20-25-24-18(16-8-5-9-28-16)26(20)15-7-4-3-6-13(15)21/h3-10,12H,11H2,1-2H3,(H,22,27). The minimum absolute atomic E-state index is 0.0383. The summed E-state index contributed by atoms with van der Waals surface area (Å²) in [5, 5.41) is 14.2. The molecule has 0 spiro atoms. The maximum Gasteiger partial charge on any atom is 0.270 e. The Morgan fingerprint density at radius 3 is 2.83 bits per heavy atom. The van der Waals surface area contributed by atoms with E-state index in [1.54, 1.807) is 40.3 Å². The summed E-state index contributed by atoms with van der Waals surface area (Å²) in [7, 11) is 0. The second kappa shape index (κ2) is 8.80. The Balaban J connectivity index is 1.60. The van der Waals surface area contributed by atoms with Gasteiger partial charge in [0.1, 0.15) is 16.5 Å². The van der Waals surface area contributed by atoms with Gasteiger partial charge >= 0.3 is 0 Å². The maximum atomic E-state index is 14.5. The van der Waals surface area contributed by atoms with Gasteiger partial charge in [0.05, 0.1) is 17.7 Å². The van der Waals surface area contributed by atoms with Gasteiger partial charge in [-0.15, -0.1) is 21.5 Å². The normalized spacial score (nSPS) is 11.2. The van der Waals surface area contributed by atoms with Crippen LogP contribution in [0.2, 0.25) is 0 Å². The molecule has 3 aromatic heterocycles. The summed E-state index contributed by atoms with van der Waals surface area (Å²) >= 11 is 2.75. The van der Waals surface area contributed by atoms with E-state index in [1.807, 2.05) is 13.8 Å². The topological polar surface area (TPSA) is 85.8 Å². The Morgan fingerprint density at radius 2 is 2.10 bits per heavy atom. The fraction of sp³-hybridized carbons (Fsp3) is 0.200. The second-order valence-corrected chi connectivity index (χ2v) is 8.50. The summed E-state index contributed by atoms with van der Waals surface area (Å²) in [5.74, 6) is 0.758. The summed E-state index contributed by atoms with van der Waals surface area (Å²) in [4.78, 5) is 16.5. The smallest absolute Gasteiger partial charge is 0.270 e. The van der Waals surface area contributed by atoms with Crippen LogP contribution in [0.1, 0.15) is 29.3 Å². The van der Waals surface area contributed by atoms with E-state index < -0.39 is 5.82 Å². The van der Waals surface area contributed by atoms with Crippen molar-refractivity contribution in [1.29, 1.82) is 0 Å². The first kappa shape index (κ1) is 20.3. The van der Waals surface area contributed by atoms with Crippen LogP contribution in [0, 0.1) is 5.82 Å². The number of amides is 1. The molecule has 154 valence electrons. The van der Waals surface area contributed by atoms with E-state index in [0.717, 1.165) is 5.01 Å². The van der Waals surface area contributed by atoms with Gasteiger partial charge in [-0.25, -0.2) is 9.37 Å². The Hall–Kier alpha value is -2.98. The largest absolute Gasteiger partial charge is 0.461 e. The Labute approximate surface area is 180 Å². The minimum atomic E-state index is -0.395. The molecule has 0 aliphatic rings. The van der Waals surface area contributed by atoms with E-state index >= 15 is 0 Å². The predicted molar refractivity (Wildman–Crippen MR) is 113 cm³/mol. The van der Waals surface area contributed by atoms with Crippen LogP contribution >= 0.6 is 23.1 Å². The summed E-state index contributed by atoms with van der Waals surface area (Å²) in [6, 6.07) is 9.94. The summed E-state index contributed by atoms with van der Waals surface area (Å²) in [5.41, 5.74) is 0.712. The number of carbonyl (C=O) groups is 1. The van der Waals surface area contributed by atoms with Gasteiger partial charge < -0.3 is 9.73 Å². The van der Waals surface area contributed by atoms with Crippen molar-refractivity contribution in [2.45, 2.75) is 30.8 Å². The summed E-state index contributed by atoms with van der Waals surface area (Å²) in [6.07, 6.45) is 1.53. The highest BCUT2D eigenvalue weighted by atomic mass is 32.2. The Morgan fingerprint density at radius 1 is 1.27 bits per heavy atom. The zero-order chi connectivity index (χ0) is 21.1. The highest BCUT2D eigenvalue weighted by Crippen LogP contribution is 2.31. The van der Waals surface area contributed by atoms with Gasteiger partial charge in [0.15, 0.2) is 10.9 Å². The van der Waals surface area contributed by atoms with Gasteiger partial charge in [-0.1, -0.05) is 23.9 Å². The molecular formula is C20H18FN5O2S2. The number of thiazole rings is 1. The molecule has 0 aliphatic heterocycles. The lowest BCUT2D eigenvalue weighted by Crippen LogP contribution is -2.30. The first-order valence-electron chi connectivity index (χ1n) is 9.15. The van der Waals surface area contributed by atoms with Gasteiger partial charge in [-0.05, 0) is 38.1 Å². The predicted octanol–water partition coefficient (Wildman–Crippen LogP) is 4.55. The van der Waals surface area contributed by atoms with Gasteiger partial charge in [0, 0.05) is 11.4 Å². The molecule has 0 fully saturated rings. The zero-order valence-electron chi connectivity index (χ0n) is 16.2. The highest BCUT2D eigenvalue weighted by Gasteiger charge is 2.21. The molecule has 4 rings (SSSR count). The zero-order valence-corrected chi connectivity index (χ0v) is 17.8. The van der Waals surface area contributed by atoms with Crippen LogP contribution in [0.3, 0.4) is 0 Å². The summed E-state index contributed by atoms with van der Waals surface area (Å²) < 4.78 is 21.6. The fourth-order valence-electron chi connectivity index (χ4n) is 2.72. The maximum absolute atomic E-state index is 14.5. The first-order valence-corrected chi connectivity index (χ1v) is 11.0. The molecule has 1 N–H and O–H groups in total. The molecule has 0 aliphatic carbocycles. The lowest BCUT2D eigenvalue weighted by Gasteiger charge is -2.09. The van der Waals surface area contributed by atoms with Gasteiger partial charge in [0.2, 0.25) is 5.82 Å². The third-order valence-corrected chi connectivity index (χ3v) is 5.97. The van der Waals surface area contributed by atoms with E-state index in [1.165, 1.54) is 35.4 Å². The van der Waals surface area contributed by atoms with E-state index in [-0.39, 0.29) is 11.9 Å². The molecule has 3 heterocycles. The van der Waals surface area contributed by atoms with Crippen LogP contribution in [-0.4, -0.2) is 31.7 Å². The van der Waals surface area contributed by atoms with Gasteiger partial charge in [-0.3, -0.25) is 9.36 Å². The van der Waals surface area contributed by atoms with Gasteiger partial charge in [0.25, 0.3) is 5.91 Å². The van der Waals surface area contributed by atoms with Crippen LogP contribution in [0.5, 0.6) is 0 Å². The number of nitrogens with one attached hydrogen (secondary N) is 1. The van der Waals surface area contributed by atoms with Crippen LogP contribution in [0.25, 0.3) is 17.3 Å². The number of rotatable bonds is 7. The molecule has 1 amide bonds. The number of para-hydroxylation sites is 1. The van der Waals surface area contributed by atoms with E-state index in [4.69, 9.17) is 4.42 Å². The van der Waals surface area contributed by atoms with Crippen molar-refractivity contribution in [3.8, 4) is 17.3 Å². The fourth-order valence-corrected chi connectivity index (χ4v) is 4.46. The number of hydrogen-bond acceptors (Lipinski definition) is 7. The molecule has 0 atom stereocenters. The third kappa shape index (κ3) is 4.29. The van der Waals surface area contributed by atoms with Crippen molar-refractivity contribution in [2.75, 3.05) is 0 Å². The van der Waals surface area contributed by atoms with Crippen molar-refractivity contribution in [3.63, 3.8) is 0 Å². The number of aromatic nitrogens is 4. The molecule has 30 heavy (non-hydrogen) atoms. The monoisotopic (exact) mass is 443 g/mol. The van der Waals surface area contributed by atoms with Crippen LogP contribution < -0.4 is 5.32 Å². The molecule has 0 radical (unpaired) electrons. The van der Waals surface area contributed by atoms with E-state index in [2.05, 4.69) is 20.5 Å². The number of halogens is 1. The molecule has 4 aromatic rings. The quantitative estimate of drug-likeness (QED) is 0.422. The average Bonchev–Trinajstić information content (AvgIpc) is 3.46. The first-order chi connectivity index (χ1) is 14.5.